The summed E-state index contributed by atoms with van der Waals surface area (Å²) in [5.41, 5.74) is 0.964. The SMILES string of the molecule is CC(C)CN1C(=O)C2(CCN(C(=O)c3cnccn3)CC2)C[C@@H]1Cc1ccc(F)cc1. The van der Waals surface area contributed by atoms with E-state index in [1.165, 1.54) is 24.5 Å². The predicted molar refractivity (Wildman–Crippen MR) is 115 cm³/mol. The quantitative estimate of drug-likeness (QED) is 0.738. The van der Waals surface area contributed by atoms with Crippen molar-refractivity contribution in [3.8, 4) is 0 Å². The fourth-order valence-electron chi connectivity index (χ4n) is 4.95. The number of carbonyl (C=O) groups excluding carboxylic acids is 2. The zero-order chi connectivity index (χ0) is 22.0. The molecule has 4 rings (SSSR count). The summed E-state index contributed by atoms with van der Waals surface area (Å²) in [5.74, 6) is 0.199. The standard InChI is InChI=1S/C24H29FN4O2/c1-17(2)16-29-20(13-18-3-5-19(25)6-4-18)14-24(23(29)31)7-11-28(12-8-24)22(30)21-15-26-9-10-27-21/h3-6,9-10,15,17,20H,7-8,11-14,16H2,1-2H3/t20-/m0/s1. The Morgan fingerprint density at radius 1 is 1.19 bits per heavy atom. The van der Waals surface area contributed by atoms with Gasteiger partial charge in [0.15, 0.2) is 0 Å². The molecular formula is C24H29FN4O2. The number of carbonyl (C=O) groups is 2. The molecule has 0 bridgehead atoms. The molecule has 1 atom stereocenters. The van der Waals surface area contributed by atoms with E-state index in [0.717, 1.165) is 18.4 Å². The molecule has 0 radical (unpaired) electrons. The first-order valence-electron chi connectivity index (χ1n) is 11.0. The molecule has 1 spiro atoms. The van der Waals surface area contributed by atoms with Gasteiger partial charge < -0.3 is 9.80 Å². The second-order valence-electron chi connectivity index (χ2n) is 9.20. The number of hydrogen-bond acceptors (Lipinski definition) is 4. The molecule has 6 nitrogen and oxygen atoms in total. The van der Waals surface area contributed by atoms with Crippen LogP contribution in [-0.4, -0.2) is 57.3 Å². The molecule has 3 heterocycles. The number of amides is 2. The van der Waals surface area contributed by atoms with Crippen LogP contribution in [0.25, 0.3) is 0 Å². The third-order valence-electron chi connectivity index (χ3n) is 6.52. The third-order valence-corrected chi connectivity index (χ3v) is 6.52. The summed E-state index contributed by atoms with van der Waals surface area (Å²) in [4.78, 5) is 38.2. The summed E-state index contributed by atoms with van der Waals surface area (Å²) in [5, 5.41) is 0. The second-order valence-corrected chi connectivity index (χ2v) is 9.20. The van der Waals surface area contributed by atoms with Gasteiger partial charge in [-0.3, -0.25) is 14.6 Å². The van der Waals surface area contributed by atoms with E-state index in [9.17, 15) is 14.0 Å². The van der Waals surface area contributed by atoms with Crippen LogP contribution in [0.3, 0.4) is 0 Å². The van der Waals surface area contributed by atoms with E-state index in [2.05, 4.69) is 23.8 Å². The number of halogens is 1. The Bertz CT molecular complexity index is 924. The zero-order valence-electron chi connectivity index (χ0n) is 18.1. The molecule has 0 N–H and O–H groups in total. The highest BCUT2D eigenvalue weighted by Gasteiger charge is 2.52. The highest BCUT2D eigenvalue weighted by Crippen LogP contribution is 2.45. The highest BCUT2D eigenvalue weighted by molar-refractivity contribution is 5.92. The molecule has 31 heavy (non-hydrogen) atoms. The fourth-order valence-corrected chi connectivity index (χ4v) is 4.95. The molecule has 0 aliphatic carbocycles. The van der Waals surface area contributed by atoms with Gasteiger partial charge in [0, 0.05) is 38.1 Å². The van der Waals surface area contributed by atoms with Gasteiger partial charge in [-0.2, -0.15) is 0 Å². The molecule has 1 aromatic carbocycles. The Balaban J connectivity index is 1.48. The van der Waals surface area contributed by atoms with Crippen LogP contribution in [-0.2, 0) is 11.2 Å². The summed E-state index contributed by atoms with van der Waals surface area (Å²) < 4.78 is 13.3. The van der Waals surface area contributed by atoms with Crippen LogP contribution in [0.2, 0.25) is 0 Å². The van der Waals surface area contributed by atoms with Gasteiger partial charge in [-0.15, -0.1) is 0 Å². The Kier molecular flexibility index (Phi) is 6.03. The van der Waals surface area contributed by atoms with Gasteiger partial charge in [0.2, 0.25) is 5.91 Å². The average molecular weight is 425 g/mol. The van der Waals surface area contributed by atoms with Crippen LogP contribution in [0.15, 0.2) is 42.9 Å². The molecule has 7 heteroatoms. The van der Waals surface area contributed by atoms with Gasteiger partial charge in [0.1, 0.15) is 11.5 Å². The first kappa shape index (κ1) is 21.4. The Hall–Kier alpha value is -2.83. The lowest BCUT2D eigenvalue weighted by Crippen LogP contribution is -2.47. The van der Waals surface area contributed by atoms with Gasteiger partial charge in [-0.05, 0) is 49.3 Å². The smallest absolute Gasteiger partial charge is 0.274 e. The van der Waals surface area contributed by atoms with E-state index in [4.69, 9.17) is 0 Å². The van der Waals surface area contributed by atoms with Crippen molar-refractivity contribution >= 4 is 11.8 Å². The normalized spacial score (nSPS) is 20.6. The third kappa shape index (κ3) is 4.45. The Morgan fingerprint density at radius 3 is 2.52 bits per heavy atom. The monoisotopic (exact) mass is 424 g/mol. The lowest BCUT2D eigenvalue weighted by Gasteiger charge is -2.37. The summed E-state index contributed by atoms with van der Waals surface area (Å²) in [7, 11) is 0. The topological polar surface area (TPSA) is 66.4 Å². The van der Waals surface area contributed by atoms with Crippen molar-refractivity contribution in [2.75, 3.05) is 19.6 Å². The number of piperidine rings is 1. The molecular weight excluding hydrogens is 395 g/mol. The van der Waals surface area contributed by atoms with E-state index in [1.807, 2.05) is 4.90 Å². The largest absolute Gasteiger partial charge is 0.339 e. The van der Waals surface area contributed by atoms with Crippen LogP contribution >= 0.6 is 0 Å². The Morgan fingerprint density at radius 2 is 1.90 bits per heavy atom. The van der Waals surface area contributed by atoms with E-state index in [1.54, 1.807) is 23.2 Å². The number of nitrogens with zero attached hydrogens (tertiary/aromatic N) is 4. The highest BCUT2D eigenvalue weighted by atomic mass is 19.1. The molecule has 0 saturated carbocycles. The minimum absolute atomic E-state index is 0.0996. The molecule has 2 aliphatic rings. The van der Waals surface area contributed by atoms with Crippen molar-refractivity contribution in [2.45, 2.75) is 45.6 Å². The van der Waals surface area contributed by atoms with Gasteiger partial charge in [0.05, 0.1) is 11.6 Å². The van der Waals surface area contributed by atoms with Crippen molar-refractivity contribution < 1.29 is 14.0 Å². The molecule has 2 fully saturated rings. The van der Waals surface area contributed by atoms with Crippen molar-refractivity contribution in [3.05, 3.63) is 59.9 Å². The van der Waals surface area contributed by atoms with Crippen LogP contribution in [0.1, 0.15) is 49.2 Å². The summed E-state index contributed by atoms with van der Waals surface area (Å²) in [6.07, 6.45) is 7.37. The van der Waals surface area contributed by atoms with Crippen molar-refractivity contribution in [1.82, 2.24) is 19.8 Å². The van der Waals surface area contributed by atoms with Gasteiger partial charge in [-0.25, -0.2) is 9.37 Å². The first-order valence-corrected chi connectivity index (χ1v) is 11.0. The molecule has 1 aromatic heterocycles. The molecule has 164 valence electrons. The fraction of sp³-hybridized carbons (Fsp3) is 0.500. The lowest BCUT2D eigenvalue weighted by atomic mass is 9.75. The van der Waals surface area contributed by atoms with E-state index in [0.29, 0.717) is 44.1 Å². The van der Waals surface area contributed by atoms with E-state index >= 15 is 0 Å². The summed E-state index contributed by atoms with van der Waals surface area (Å²) in [6, 6.07) is 6.67. The predicted octanol–water partition coefficient (Wildman–Crippen LogP) is 3.34. The minimum Gasteiger partial charge on any atom is -0.339 e. The van der Waals surface area contributed by atoms with Crippen LogP contribution in [0, 0.1) is 17.2 Å². The average Bonchev–Trinajstić information content (AvgIpc) is 3.01. The number of hydrogen-bond donors (Lipinski definition) is 0. The minimum atomic E-state index is -0.418. The van der Waals surface area contributed by atoms with Crippen molar-refractivity contribution in [1.29, 1.82) is 0 Å². The zero-order valence-corrected chi connectivity index (χ0v) is 18.1. The maximum atomic E-state index is 13.6. The Labute approximate surface area is 182 Å². The molecule has 2 aliphatic heterocycles. The molecule has 2 amide bonds. The van der Waals surface area contributed by atoms with Crippen LogP contribution in [0.4, 0.5) is 4.39 Å². The number of benzene rings is 1. The van der Waals surface area contributed by atoms with E-state index < -0.39 is 5.41 Å². The van der Waals surface area contributed by atoms with Crippen LogP contribution in [0.5, 0.6) is 0 Å². The molecule has 2 aromatic rings. The number of aromatic nitrogens is 2. The second kappa shape index (κ2) is 8.73. The summed E-state index contributed by atoms with van der Waals surface area (Å²) in [6.45, 7) is 6.04. The number of likely N-dealkylation sites (tertiary alicyclic amines) is 2. The van der Waals surface area contributed by atoms with E-state index in [-0.39, 0.29) is 23.7 Å². The van der Waals surface area contributed by atoms with Crippen molar-refractivity contribution in [2.24, 2.45) is 11.3 Å². The van der Waals surface area contributed by atoms with Crippen molar-refractivity contribution in [3.63, 3.8) is 0 Å². The van der Waals surface area contributed by atoms with Gasteiger partial charge in [0.25, 0.3) is 5.91 Å². The van der Waals surface area contributed by atoms with Gasteiger partial charge in [-0.1, -0.05) is 26.0 Å². The molecule has 2 saturated heterocycles. The maximum Gasteiger partial charge on any atom is 0.274 e. The maximum absolute atomic E-state index is 13.6. The molecule has 0 unspecified atom stereocenters. The first-order chi connectivity index (χ1) is 14.9. The lowest BCUT2D eigenvalue weighted by molar-refractivity contribution is -0.139. The number of rotatable bonds is 5. The summed E-state index contributed by atoms with van der Waals surface area (Å²) >= 11 is 0. The van der Waals surface area contributed by atoms with Gasteiger partial charge >= 0.3 is 0 Å². The van der Waals surface area contributed by atoms with Crippen LogP contribution < -0.4 is 0 Å².